The molecule has 7 nitrogen and oxygen atoms in total. The standard InChI is InChI=1S/C13H12FN3O4S/c14-8-2-1-3-9(6-8)16-12(20)11(19)15-4-5-17-10(18)7-22-13(17)21/h1-3,6H,4-5,7H2,(H,15,19)(H,16,20). The van der Waals surface area contributed by atoms with Crippen molar-refractivity contribution in [2.45, 2.75) is 0 Å². The van der Waals surface area contributed by atoms with Crippen molar-refractivity contribution >= 4 is 40.4 Å². The Bertz CT molecular complexity index is 621. The largest absolute Gasteiger partial charge is 0.346 e. The fourth-order valence-electron chi connectivity index (χ4n) is 1.71. The summed E-state index contributed by atoms with van der Waals surface area (Å²) in [6.07, 6.45) is 0. The Morgan fingerprint density at radius 1 is 1.27 bits per heavy atom. The van der Waals surface area contributed by atoms with Crippen molar-refractivity contribution < 1.29 is 23.6 Å². The van der Waals surface area contributed by atoms with Gasteiger partial charge in [-0.15, -0.1) is 0 Å². The highest BCUT2D eigenvalue weighted by atomic mass is 32.2. The van der Waals surface area contributed by atoms with Crippen molar-refractivity contribution in [1.29, 1.82) is 0 Å². The van der Waals surface area contributed by atoms with Crippen molar-refractivity contribution in [2.75, 3.05) is 24.2 Å². The molecule has 0 spiro atoms. The summed E-state index contributed by atoms with van der Waals surface area (Å²) in [5.74, 6) is -2.67. The smallest absolute Gasteiger partial charge is 0.313 e. The average Bonchev–Trinajstić information content (AvgIpc) is 2.78. The number of imide groups is 1. The molecule has 1 aliphatic rings. The Kier molecular flexibility index (Phi) is 5.10. The van der Waals surface area contributed by atoms with Crippen LogP contribution in [0.15, 0.2) is 24.3 Å². The molecule has 0 aromatic heterocycles. The van der Waals surface area contributed by atoms with Crippen LogP contribution in [-0.2, 0) is 14.4 Å². The molecule has 1 saturated heterocycles. The van der Waals surface area contributed by atoms with Gasteiger partial charge in [-0.2, -0.15) is 0 Å². The Hall–Kier alpha value is -2.42. The quantitative estimate of drug-likeness (QED) is 0.789. The molecular weight excluding hydrogens is 313 g/mol. The van der Waals surface area contributed by atoms with Gasteiger partial charge in [0.25, 0.3) is 5.24 Å². The maximum Gasteiger partial charge on any atom is 0.313 e. The lowest BCUT2D eigenvalue weighted by molar-refractivity contribution is -0.136. The predicted molar refractivity (Wildman–Crippen MR) is 77.6 cm³/mol. The highest BCUT2D eigenvalue weighted by molar-refractivity contribution is 8.14. The molecule has 0 unspecified atom stereocenters. The number of nitrogens with one attached hydrogen (secondary N) is 2. The van der Waals surface area contributed by atoms with E-state index in [4.69, 9.17) is 0 Å². The first kappa shape index (κ1) is 16.0. The summed E-state index contributed by atoms with van der Waals surface area (Å²) < 4.78 is 12.9. The van der Waals surface area contributed by atoms with Gasteiger partial charge in [-0.05, 0) is 18.2 Å². The van der Waals surface area contributed by atoms with Crippen molar-refractivity contribution in [1.82, 2.24) is 10.2 Å². The number of carbonyl (C=O) groups is 4. The summed E-state index contributed by atoms with van der Waals surface area (Å²) in [7, 11) is 0. The summed E-state index contributed by atoms with van der Waals surface area (Å²) in [6, 6.07) is 5.11. The molecule has 1 heterocycles. The molecule has 2 N–H and O–H groups in total. The second-order valence-electron chi connectivity index (χ2n) is 4.32. The maximum atomic E-state index is 12.9. The van der Waals surface area contributed by atoms with Crippen LogP contribution in [0.2, 0.25) is 0 Å². The molecule has 0 radical (unpaired) electrons. The van der Waals surface area contributed by atoms with Crippen LogP contribution in [0.1, 0.15) is 0 Å². The van der Waals surface area contributed by atoms with Crippen LogP contribution in [0.4, 0.5) is 14.9 Å². The number of anilines is 1. The fraction of sp³-hybridized carbons (Fsp3) is 0.231. The monoisotopic (exact) mass is 325 g/mol. The van der Waals surface area contributed by atoms with Crippen LogP contribution in [0.3, 0.4) is 0 Å². The highest BCUT2D eigenvalue weighted by Crippen LogP contribution is 2.17. The number of halogens is 1. The van der Waals surface area contributed by atoms with Gasteiger partial charge in [0.1, 0.15) is 5.82 Å². The molecular formula is C13H12FN3O4S. The van der Waals surface area contributed by atoms with Crippen molar-refractivity contribution in [2.24, 2.45) is 0 Å². The summed E-state index contributed by atoms with van der Waals surface area (Å²) >= 11 is 0.892. The summed E-state index contributed by atoms with van der Waals surface area (Å²) in [6.45, 7) is -0.0307. The van der Waals surface area contributed by atoms with E-state index in [0.717, 1.165) is 22.7 Å². The van der Waals surface area contributed by atoms with Gasteiger partial charge in [0, 0.05) is 18.8 Å². The van der Waals surface area contributed by atoms with Crippen molar-refractivity contribution in [3.8, 4) is 0 Å². The van der Waals surface area contributed by atoms with Crippen LogP contribution in [0.5, 0.6) is 0 Å². The number of hydrogen-bond acceptors (Lipinski definition) is 5. The second-order valence-corrected chi connectivity index (χ2v) is 5.25. The number of amides is 4. The molecule has 0 saturated carbocycles. The third-order valence-electron chi connectivity index (χ3n) is 2.75. The normalized spacial score (nSPS) is 14.1. The van der Waals surface area contributed by atoms with Crippen LogP contribution in [0, 0.1) is 5.82 Å². The lowest BCUT2D eigenvalue weighted by atomic mass is 10.3. The van der Waals surface area contributed by atoms with Crippen molar-refractivity contribution in [3.63, 3.8) is 0 Å². The predicted octanol–water partition coefficient (Wildman–Crippen LogP) is 0.576. The SMILES string of the molecule is O=C(NCCN1C(=O)CSC1=O)C(=O)Nc1cccc(F)c1. The lowest BCUT2D eigenvalue weighted by Gasteiger charge is -2.13. The minimum absolute atomic E-state index is 0.00362. The molecule has 22 heavy (non-hydrogen) atoms. The van der Waals surface area contributed by atoms with Gasteiger partial charge in [-0.25, -0.2) is 4.39 Å². The number of benzene rings is 1. The Labute approximate surface area is 129 Å². The molecule has 4 amide bonds. The second kappa shape index (κ2) is 7.03. The average molecular weight is 325 g/mol. The van der Waals surface area contributed by atoms with E-state index in [1.54, 1.807) is 0 Å². The van der Waals surface area contributed by atoms with Crippen LogP contribution < -0.4 is 10.6 Å². The van der Waals surface area contributed by atoms with E-state index in [1.165, 1.54) is 18.2 Å². The third-order valence-corrected chi connectivity index (χ3v) is 3.61. The lowest BCUT2D eigenvalue weighted by Crippen LogP contribution is -2.41. The molecule has 2 rings (SSSR count). The van der Waals surface area contributed by atoms with Gasteiger partial charge >= 0.3 is 11.8 Å². The fourth-order valence-corrected chi connectivity index (χ4v) is 2.46. The third kappa shape index (κ3) is 4.04. The minimum atomic E-state index is -0.959. The van der Waals surface area contributed by atoms with E-state index in [9.17, 15) is 23.6 Å². The topological polar surface area (TPSA) is 95.6 Å². The molecule has 1 aromatic carbocycles. The van der Waals surface area contributed by atoms with Gasteiger partial charge in [0.05, 0.1) is 5.75 Å². The zero-order valence-electron chi connectivity index (χ0n) is 11.3. The summed E-state index contributed by atoms with van der Waals surface area (Å²) in [5.41, 5.74) is 0.154. The summed E-state index contributed by atoms with van der Waals surface area (Å²) in [5, 5.41) is 4.15. The molecule has 1 aliphatic heterocycles. The zero-order valence-corrected chi connectivity index (χ0v) is 12.1. The van der Waals surface area contributed by atoms with Crippen LogP contribution >= 0.6 is 11.8 Å². The Balaban J connectivity index is 1.78. The Morgan fingerprint density at radius 2 is 2.05 bits per heavy atom. The zero-order chi connectivity index (χ0) is 16.1. The Morgan fingerprint density at radius 3 is 2.68 bits per heavy atom. The minimum Gasteiger partial charge on any atom is -0.346 e. The first-order chi connectivity index (χ1) is 10.5. The van der Waals surface area contributed by atoms with E-state index < -0.39 is 17.6 Å². The van der Waals surface area contributed by atoms with E-state index >= 15 is 0 Å². The van der Waals surface area contributed by atoms with Gasteiger partial charge in [0.2, 0.25) is 5.91 Å². The van der Waals surface area contributed by atoms with E-state index in [-0.39, 0.29) is 35.7 Å². The first-order valence-corrected chi connectivity index (χ1v) is 7.28. The van der Waals surface area contributed by atoms with Gasteiger partial charge in [-0.3, -0.25) is 24.1 Å². The molecule has 0 aliphatic carbocycles. The van der Waals surface area contributed by atoms with E-state index in [1.807, 2.05) is 0 Å². The van der Waals surface area contributed by atoms with Gasteiger partial charge in [-0.1, -0.05) is 17.8 Å². The molecule has 1 aromatic rings. The molecule has 0 bridgehead atoms. The number of hydrogen-bond donors (Lipinski definition) is 2. The van der Waals surface area contributed by atoms with E-state index in [0.29, 0.717) is 0 Å². The van der Waals surface area contributed by atoms with E-state index in [2.05, 4.69) is 10.6 Å². The molecule has 116 valence electrons. The van der Waals surface area contributed by atoms with Crippen molar-refractivity contribution in [3.05, 3.63) is 30.1 Å². The molecule has 0 atom stereocenters. The number of thioether (sulfide) groups is 1. The highest BCUT2D eigenvalue weighted by Gasteiger charge is 2.29. The number of nitrogens with zero attached hydrogens (tertiary/aromatic N) is 1. The van der Waals surface area contributed by atoms with Gasteiger partial charge < -0.3 is 10.6 Å². The molecule has 9 heteroatoms. The first-order valence-electron chi connectivity index (χ1n) is 6.29. The maximum absolute atomic E-state index is 12.9. The number of carbonyl (C=O) groups excluding carboxylic acids is 4. The number of rotatable bonds is 4. The van der Waals surface area contributed by atoms with Crippen LogP contribution in [-0.4, -0.2) is 46.7 Å². The van der Waals surface area contributed by atoms with Crippen LogP contribution in [0.25, 0.3) is 0 Å². The molecule has 1 fully saturated rings. The van der Waals surface area contributed by atoms with Gasteiger partial charge in [0.15, 0.2) is 0 Å². The summed E-state index contributed by atoms with van der Waals surface area (Å²) in [4.78, 5) is 46.8.